The maximum Gasteiger partial charge on any atom is 0.295 e. The van der Waals surface area contributed by atoms with Crippen LogP contribution in [-0.2, 0) is 9.59 Å². The number of amides is 1. The van der Waals surface area contributed by atoms with Crippen molar-refractivity contribution in [3.8, 4) is 11.5 Å². The van der Waals surface area contributed by atoms with Gasteiger partial charge in [0.2, 0.25) is 0 Å². The smallest absolute Gasteiger partial charge is 0.295 e. The van der Waals surface area contributed by atoms with Crippen LogP contribution in [0, 0.1) is 0 Å². The van der Waals surface area contributed by atoms with E-state index >= 15 is 0 Å². The van der Waals surface area contributed by atoms with Crippen molar-refractivity contribution in [3.05, 3.63) is 65.2 Å². The highest BCUT2D eigenvalue weighted by Gasteiger charge is 2.47. The molecule has 1 fully saturated rings. The average molecular weight is 453 g/mol. The van der Waals surface area contributed by atoms with Gasteiger partial charge in [-0.15, -0.1) is 0 Å². The number of ether oxygens (including phenoxy) is 2. The number of benzene rings is 2. The Morgan fingerprint density at radius 2 is 1.73 bits per heavy atom. The minimum Gasteiger partial charge on any atom is -0.507 e. The topological polar surface area (TPSA) is 79.3 Å². The molecule has 7 nitrogen and oxygen atoms in total. The number of likely N-dealkylation sites (tertiary alicyclic amines) is 1. The standard InChI is InChI=1S/C26H32N2O5/c1-5-27(6-2)15-10-16-28-23(20-17-19(32-3)13-14-21(20)33-4)22(25(30)26(28)31)24(29)18-11-8-7-9-12-18/h7-9,11-14,17,23,29H,5-6,10,15-16H2,1-4H3/b24-22+/t23-/m1/s1. The lowest BCUT2D eigenvalue weighted by Gasteiger charge is -2.28. The zero-order valence-corrected chi connectivity index (χ0v) is 19.7. The van der Waals surface area contributed by atoms with Gasteiger partial charge in [-0.1, -0.05) is 44.2 Å². The Morgan fingerprint density at radius 1 is 1.03 bits per heavy atom. The van der Waals surface area contributed by atoms with Gasteiger partial charge in [0, 0.05) is 17.7 Å². The molecule has 0 unspecified atom stereocenters. The lowest BCUT2D eigenvalue weighted by atomic mass is 9.94. The molecule has 2 aromatic rings. The number of hydrogen-bond acceptors (Lipinski definition) is 6. The highest BCUT2D eigenvalue weighted by Crippen LogP contribution is 2.43. The van der Waals surface area contributed by atoms with Gasteiger partial charge in [-0.25, -0.2) is 0 Å². The van der Waals surface area contributed by atoms with Crippen molar-refractivity contribution in [1.29, 1.82) is 0 Å². The Balaban J connectivity index is 2.11. The van der Waals surface area contributed by atoms with Crippen molar-refractivity contribution in [1.82, 2.24) is 9.80 Å². The van der Waals surface area contributed by atoms with E-state index in [0.29, 0.717) is 35.6 Å². The van der Waals surface area contributed by atoms with Crippen LogP contribution in [0.25, 0.3) is 5.76 Å². The first-order valence-electron chi connectivity index (χ1n) is 11.2. The molecular weight excluding hydrogens is 420 g/mol. The van der Waals surface area contributed by atoms with E-state index in [0.717, 1.165) is 19.6 Å². The molecule has 33 heavy (non-hydrogen) atoms. The van der Waals surface area contributed by atoms with Gasteiger partial charge >= 0.3 is 0 Å². The summed E-state index contributed by atoms with van der Waals surface area (Å²) < 4.78 is 11.0. The largest absolute Gasteiger partial charge is 0.507 e. The monoisotopic (exact) mass is 452 g/mol. The first-order chi connectivity index (χ1) is 16.0. The third kappa shape index (κ3) is 5.03. The van der Waals surface area contributed by atoms with Gasteiger partial charge in [0.05, 0.1) is 25.8 Å². The molecule has 1 amide bonds. The van der Waals surface area contributed by atoms with Crippen LogP contribution in [0.4, 0.5) is 0 Å². The fraction of sp³-hybridized carbons (Fsp3) is 0.385. The number of rotatable bonds is 10. The number of hydrogen-bond donors (Lipinski definition) is 1. The minimum atomic E-state index is -0.785. The summed E-state index contributed by atoms with van der Waals surface area (Å²) in [5.41, 5.74) is 1.13. The fourth-order valence-electron chi connectivity index (χ4n) is 4.24. The molecule has 1 aliphatic rings. The second kappa shape index (κ2) is 11.0. The first-order valence-corrected chi connectivity index (χ1v) is 11.2. The zero-order chi connectivity index (χ0) is 24.0. The molecule has 1 heterocycles. The number of methoxy groups -OCH3 is 2. The number of aliphatic hydroxyl groups excluding tert-OH is 1. The molecule has 1 N–H and O–H groups in total. The molecule has 0 bridgehead atoms. The average Bonchev–Trinajstić information content (AvgIpc) is 3.11. The van der Waals surface area contributed by atoms with Crippen LogP contribution in [0.3, 0.4) is 0 Å². The number of ketones is 1. The zero-order valence-electron chi connectivity index (χ0n) is 19.7. The summed E-state index contributed by atoms with van der Waals surface area (Å²) in [6.45, 7) is 7.19. The van der Waals surface area contributed by atoms with E-state index < -0.39 is 17.7 Å². The second-order valence-electron chi connectivity index (χ2n) is 7.85. The molecule has 0 aromatic heterocycles. The predicted octanol–water partition coefficient (Wildman–Crippen LogP) is 3.86. The molecule has 0 radical (unpaired) electrons. The summed E-state index contributed by atoms with van der Waals surface area (Å²) in [6.07, 6.45) is 0.697. The van der Waals surface area contributed by atoms with E-state index in [-0.39, 0.29) is 11.3 Å². The molecular formula is C26H32N2O5. The third-order valence-corrected chi connectivity index (χ3v) is 6.09. The maximum atomic E-state index is 13.2. The summed E-state index contributed by atoms with van der Waals surface area (Å²) >= 11 is 0. The van der Waals surface area contributed by atoms with Crippen molar-refractivity contribution in [2.45, 2.75) is 26.3 Å². The van der Waals surface area contributed by atoms with Crippen LogP contribution in [0.5, 0.6) is 11.5 Å². The Bertz CT molecular complexity index is 1010. The van der Waals surface area contributed by atoms with Crippen molar-refractivity contribution in [2.75, 3.05) is 40.4 Å². The summed E-state index contributed by atoms with van der Waals surface area (Å²) in [5, 5.41) is 11.1. The van der Waals surface area contributed by atoms with E-state index in [1.54, 1.807) is 49.6 Å². The molecule has 0 aliphatic carbocycles. The molecule has 176 valence electrons. The lowest BCUT2D eigenvalue weighted by Crippen LogP contribution is -2.33. The van der Waals surface area contributed by atoms with Crippen molar-refractivity contribution >= 4 is 17.4 Å². The summed E-state index contributed by atoms with van der Waals surface area (Å²) in [7, 11) is 3.09. The molecule has 3 rings (SSSR count). The summed E-state index contributed by atoms with van der Waals surface area (Å²) in [4.78, 5) is 30.1. The SMILES string of the molecule is CCN(CC)CCCN1C(=O)C(=O)/C(=C(/O)c2ccccc2)[C@H]1c1cc(OC)ccc1OC. The Labute approximate surface area is 195 Å². The normalized spacial score (nSPS) is 17.6. The van der Waals surface area contributed by atoms with E-state index in [1.165, 1.54) is 12.0 Å². The molecule has 0 saturated carbocycles. The first kappa shape index (κ1) is 24.3. The van der Waals surface area contributed by atoms with Gasteiger partial charge in [0.1, 0.15) is 17.3 Å². The van der Waals surface area contributed by atoms with Crippen LogP contribution in [0.2, 0.25) is 0 Å². The van der Waals surface area contributed by atoms with E-state index in [2.05, 4.69) is 18.7 Å². The number of nitrogens with zero attached hydrogens (tertiary/aromatic N) is 2. The van der Waals surface area contributed by atoms with Crippen LogP contribution >= 0.6 is 0 Å². The molecule has 1 saturated heterocycles. The Hall–Kier alpha value is -3.32. The minimum absolute atomic E-state index is 0.0561. The lowest BCUT2D eigenvalue weighted by molar-refractivity contribution is -0.140. The second-order valence-corrected chi connectivity index (χ2v) is 7.85. The van der Waals surface area contributed by atoms with E-state index in [1.807, 2.05) is 6.07 Å². The summed E-state index contributed by atoms with van der Waals surface area (Å²) in [6, 6.07) is 13.3. The van der Waals surface area contributed by atoms with Crippen molar-refractivity contribution in [2.24, 2.45) is 0 Å². The Kier molecular flexibility index (Phi) is 8.11. The quantitative estimate of drug-likeness (QED) is 0.335. The fourth-order valence-corrected chi connectivity index (χ4v) is 4.24. The van der Waals surface area contributed by atoms with Crippen molar-refractivity contribution < 1.29 is 24.2 Å². The van der Waals surface area contributed by atoms with Gasteiger partial charge < -0.3 is 24.4 Å². The van der Waals surface area contributed by atoms with Crippen molar-refractivity contribution in [3.63, 3.8) is 0 Å². The number of aliphatic hydroxyl groups is 1. The Morgan fingerprint density at radius 3 is 2.33 bits per heavy atom. The molecule has 7 heteroatoms. The van der Waals surface area contributed by atoms with Gasteiger partial charge in [0.15, 0.2) is 0 Å². The molecule has 1 atom stereocenters. The molecule has 1 aliphatic heterocycles. The number of Topliss-reactive ketones (excluding diaryl/α,β-unsaturated/α-hetero) is 1. The van der Waals surface area contributed by atoms with E-state index in [9.17, 15) is 14.7 Å². The van der Waals surface area contributed by atoms with Gasteiger partial charge in [-0.2, -0.15) is 0 Å². The van der Waals surface area contributed by atoms with Crippen LogP contribution < -0.4 is 9.47 Å². The van der Waals surface area contributed by atoms with Crippen LogP contribution in [0.15, 0.2) is 54.1 Å². The maximum absolute atomic E-state index is 13.2. The molecule has 0 spiro atoms. The highest BCUT2D eigenvalue weighted by molar-refractivity contribution is 6.46. The molecule has 2 aromatic carbocycles. The third-order valence-electron chi connectivity index (χ3n) is 6.09. The number of carbonyl (C=O) groups excluding carboxylic acids is 2. The predicted molar refractivity (Wildman–Crippen MR) is 127 cm³/mol. The van der Waals surface area contributed by atoms with Gasteiger partial charge in [-0.05, 0) is 44.3 Å². The van der Waals surface area contributed by atoms with Crippen LogP contribution in [0.1, 0.15) is 37.4 Å². The van der Waals surface area contributed by atoms with Gasteiger partial charge in [-0.3, -0.25) is 9.59 Å². The van der Waals surface area contributed by atoms with E-state index in [4.69, 9.17) is 9.47 Å². The van der Waals surface area contributed by atoms with Crippen LogP contribution in [-0.4, -0.2) is 67.0 Å². The van der Waals surface area contributed by atoms with Gasteiger partial charge in [0.25, 0.3) is 11.7 Å². The highest BCUT2D eigenvalue weighted by atomic mass is 16.5. The number of carbonyl (C=O) groups is 2. The summed E-state index contributed by atoms with van der Waals surface area (Å²) in [5.74, 6) is -0.444.